The highest BCUT2D eigenvalue weighted by Crippen LogP contribution is 2.22. The fourth-order valence-electron chi connectivity index (χ4n) is 4.13. The highest BCUT2D eigenvalue weighted by molar-refractivity contribution is 5.93. The van der Waals surface area contributed by atoms with Crippen LogP contribution in [0.2, 0.25) is 0 Å². The van der Waals surface area contributed by atoms with Gasteiger partial charge in [-0.1, -0.05) is 37.0 Å². The minimum atomic E-state index is -0.233. The summed E-state index contributed by atoms with van der Waals surface area (Å²) in [6.07, 6.45) is 5.88. The van der Waals surface area contributed by atoms with Gasteiger partial charge in [0.05, 0.1) is 7.05 Å². The van der Waals surface area contributed by atoms with E-state index in [-0.39, 0.29) is 24.4 Å². The van der Waals surface area contributed by atoms with Crippen LogP contribution < -0.4 is 10.2 Å². The van der Waals surface area contributed by atoms with E-state index < -0.39 is 0 Å². The lowest BCUT2D eigenvalue weighted by molar-refractivity contribution is -0.886. The van der Waals surface area contributed by atoms with E-state index in [0.717, 1.165) is 34.6 Å². The van der Waals surface area contributed by atoms with Crippen molar-refractivity contribution in [1.82, 2.24) is 4.90 Å². The normalized spacial score (nSPS) is 17.3. The highest BCUT2D eigenvalue weighted by atomic mass is 16.2. The molecule has 0 heterocycles. The van der Waals surface area contributed by atoms with Gasteiger partial charge in [0, 0.05) is 18.8 Å². The second kappa shape index (κ2) is 9.36. The van der Waals surface area contributed by atoms with Crippen molar-refractivity contribution >= 4 is 17.5 Å². The van der Waals surface area contributed by atoms with Gasteiger partial charge < -0.3 is 15.1 Å². The SMILES string of the molecule is Cc1cc(C)c(NC(=O)C[NH+](C)[C@@H](C)C(=O)N(C)C2CCCCC2)c(C)c1. The van der Waals surface area contributed by atoms with Crippen LogP contribution in [-0.4, -0.2) is 49.4 Å². The molecule has 0 aromatic heterocycles. The molecule has 1 aromatic carbocycles. The summed E-state index contributed by atoms with van der Waals surface area (Å²) in [5.74, 6) is 0.0809. The Kier molecular flexibility index (Phi) is 7.42. The average molecular weight is 375 g/mol. The number of benzene rings is 1. The molecule has 2 rings (SSSR count). The van der Waals surface area contributed by atoms with Crippen LogP contribution in [0.5, 0.6) is 0 Å². The van der Waals surface area contributed by atoms with Crippen LogP contribution >= 0.6 is 0 Å². The maximum atomic E-state index is 12.8. The second-order valence-electron chi connectivity index (χ2n) is 8.31. The number of nitrogens with zero attached hydrogens (tertiary/aromatic N) is 1. The molecule has 1 fully saturated rings. The molecule has 2 N–H and O–H groups in total. The summed E-state index contributed by atoms with van der Waals surface area (Å²) < 4.78 is 0. The molecule has 0 spiro atoms. The lowest BCUT2D eigenvalue weighted by Gasteiger charge is -2.33. The number of hydrogen-bond donors (Lipinski definition) is 2. The predicted molar refractivity (Wildman–Crippen MR) is 110 cm³/mol. The van der Waals surface area contributed by atoms with Gasteiger partial charge >= 0.3 is 0 Å². The number of nitrogens with one attached hydrogen (secondary N) is 2. The van der Waals surface area contributed by atoms with Crippen LogP contribution in [0.15, 0.2) is 12.1 Å². The van der Waals surface area contributed by atoms with Crippen molar-refractivity contribution in [2.45, 2.75) is 71.9 Å². The van der Waals surface area contributed by atoms with Gasteiger partial charge in [0.25, 0.3) is 11.8 Å². The van der Waals surface area contributed by atoms with Crippen molar-refractivity contribution < 1.29 is 14.5 Å². The van der Waals surface area contributed by atoms with Crippen LogP contribution in [0.25, 0.3) is 0 Å². The summed E-state index contributed by atoms with van der Waals surface area (Å²) in [5.41, 5.74) is 4.21. The Hall–Kier alpha value is -1.88. The average Bonchev–Trinajstić information content (AvgIpc) is 2.63. The largest absolute Gasteiger partial charge is 0.338 e. The van der Waals surface area contributed by atoms with Crippen molar-refractivity contribution in [3.8, 4) is 0 Å². The van der Waals surface area contributed by atoms with Gasteiger partial charge in [-0.3, -0.25) is 9.59 Å². The fraction of sp³-hybridized carbons (Fsp3) is 0.636. The number of amides is 2. The molecule has 2 atom stereocenters. The van der Waals surface area contributed by atoms with E-state index >= 15 is 0 Å². The summed E-state index contributed by atoms with van der Waals surface area (Å²) in [6.45, 7) is 8.28. The lowest BCUT2D eigenvalue weighted by Crippen LogP contribution is -3.15. The molecule has 5 heteroatoms. The number of likely N-dealkylation sites (N-methyl/N-ethyl adjacent to an activating group) is 2. The van der Waals surface area contributed by atoms with Gasteiger partial charge in [-0.15, -0.1) is 0 Å². The molecule has 27 heavy (non-hydrogen) atoms. The summed E-state index contributed by atoms with van der Waals surface area (Å²) in [7, 11) is 3.84. The Morgan fingerprint density at radius 2 is 1.70 bits per heavy atom. The minimum absolute atomic E-state index is 0.0532. The third-order valence-corrected chi connectivity index (χ3v) is 5.96. The zero-order chi connectivity index (χ0) is 20.1. The van der Waals surface area contributed by atoms with E-state index in [4.69, 9.17) is 0 Å². The zero-order valence-electron chi connectivity index (χ0n) is 17.8. The zero-order valence-corrected chi connectivity index (χ0v) is 17.8. The van der Waals surface area contributed by atoms with Crippen molar-refractivity contribution in [3.05, 3.63) is 28.8 Å². The van der Waals surface area contributed by atoms with Crippen LogP contribution in [-0.2, 0) is 9.59 Å². The topological polar surface area (TPSA) is 53.9 Å². The molecule has 1 saturated carbocycles. The first-order valence-corrected chi connectivity index (χ1v) is 10.2. The van der Waals surface area contributed by atoms with E-state index in [1.807, 2.05) is 39.8 Å². The Morgan fingerprint density at radius 3 is 2.26 bits per heavy atom. The maximum absolute atomic E-state index is 12.8. The summed E-state index contributed by atoms with van der Waals surface area (Å²) in [6, 6.07) is 4.27. The van der Waals surface area contributed by atoms with Gasteiger partial charge in [-0.25, -0.2) is 0 Å². The molecule has 1 aromatic rings. The molecule has 2 amide bonds. The van der Waals surface area contributed by atoms with Gasteiger partial charge in [0.2, 0.25) is 0 Å². The number of carbonyl (C=O) groups excluding carboxylic acids is 2. The molecular weight excluding hydrogens is 338 g/mol. The van der Waals surface area contributed by atoms with E-state index in [1.54, 1.807) is 0 Å². The van der Waals surface area contributed by atoms with Gasteiger partial charge in [-0.05, 0) is 51.7 Å². The molecule has 1 unspecified atom stereocenters. The number of rotatable bonds is 6. The van der Waals surface area contributed by atoms with E-state index in [0.29, 0.717) is 6.04 Å². The van der Waals surface area contributed by atoms with Crippen LogP contribution in [0.4, 0.5) is 5.69 Å². The Morgan fingerprint density at radius 1 is 1.15 bits per heavy atom. The molecule has 5 nitrogen and oxygen atoms in total. The number of anilines is 1. The number of hydrogen-bond acceptors (Lipinski definition) is 2. The lowest BCUT2D eigenvalue weighted by atomic mass is 9.94. The molecule has 0 bridgehead atoms. The summed E-state index contributed by atoms with van der Waals surface area (Å²) in [4.78, 5) is 28.2. The first-order valence-electron chi connectivity index (χ1n) is 10.2. The van der Waals surface area contributed by atoms with Crippen LogP contribution in [0.3, 0.4) is 0 Å². The monoisotopic (exact) mass is 374 g/mol. The summed E-state index contributed by atoms with van der Waals surface area (Å²) in [5, 5.41) is 3.04. The highest BCUT2D eigenvalue weighted by Gasteiger charge is 2.30. The van der Waals surface area contributed by atoms with Crippen molar-refractivity contribution in [2.75, 3.05) is 26.0 Å². The third-order valence-electron chi connectivity index (χ3n) is 5.96. The molecule has 0 saturated heterocycles. The maximum Gasteiger partial charge on any atom is 0.280 e. The van der Waals surface area contributed by atoms with Crippen LogP contribution in [0.1, 0.15) is 55.7 Å². The Labute approximate surface area is 164 Å². The standard InChI is InChI=1S/C22H35N3O2/c1-15-12-16(2)21(17(3)13-15)23-20(26)14-24(5)18(4)22(27)25(6)19-10-8-7-9-11-19/h12-13,18-19H,7-11,14H2,1-6H3,(H,23,26)/p+1/t18-/m0/s1. The van der Waals surface area contributed by atoms with E-state index in [2.05, 4.69) is 24.4 Å². The number of carbonyl (C=O) groups is 2. The van der Waals surface area contributed by atoms with E-state index in [1.165, 1.54) is 24.8 Å². The molecule has 1 aliphatic carbocycles. The van der Waals surface area contributed by atoms with Crippen molar-refractivity contribution in [2.24, 2.45) is 0 Å². The smallest absolute Gasteiger partial charge is 0.280 e. The Balaban J connectivity index is 1.94. The molecule has 1 aliphatic rings. The number of quaternary nitrogens is 1. The summed E-state index contributed by atoms with van der Waals surface area (Å²) >= 11 is 0. The molecule has 0 radical (unpaired) electrons. The van der Waals surface area contributed by atoms with Gasteiger partial charge in [-0.2, -0.15) is 0 Å². The van der Waals surface area contributed by atoms with Gasteiger partial charge in [0.1, 0.15) is 0 Å². The molecular formula is C22H36N3O2+. The van der Waals surface area contributed by atoms with Crippen molar-refractivity contribution in [3.63, 3.8) is 0 Å². The number of aryl methyl sites for hydroxylation is 3. The fourth-order valence-corrected chi connectivity index (χ4v) is 4.13. The first kappa shape index (κ1) is 21.4. The van der Waals surface area contributed by atoms with Crippen molar-refractivity contribution in [1.29, 1.82) is 0 Å². The van der Waals surface area contributed by atoms with Crippen LogP contribution in [0, 0.1) is 20.8 Å². The molecule has 150 valence electrons. The quantitative estimate of drug-likeness (QED) is 0.802. The Bertz CT molecular complexity index is 657. The first-order chi connectivity index (χ1) is 12.7. The second-order valence-corrected chi connectivity index (χ2v) is 8.31. The minimum Gasteiger partial charge on any atom is -0.338 e. The van der Waals surface area contributed by atoms with Gasteiger partial charge in [0.15, 0.2) is 12.6 Å². The third kappa shape index (κ3) is 5.55. The predicted octanol–water partition coefficient (Wildman–Crippen LogP) is 2.24. The van der Waals surface area contributed by atoms with E-state index in [9.17, 15) is 9.59 Å². The molecule has 0 aliphatic heterocycles.